The van der Waals surface area contributed by atoms with Crippen LogP contribution in [0.4, 0.5) is 20.4 Å². The van der Waals surface area contributed by atoms with E-state index >= 15 is 0 Å². The van der Waals surface area contributed by atoms with Crippen LogP contribution in [0.15, 0.2) is 315 Å². The van der Waals surface area contributed by atoms with Crippen molar-refractivity contribution in [2.24, 2.45) is 4.99 Å². The van der Waals surface area contributed by atoms with Crippen molar-refractivity contribution in [3.05, 3.63) is 364 Å². The summed E-state index contributed by atoms with van der Waals surface area (Å²) in [5.74, 6) is 0.946. The average Bonchev–Trinajstić information content (AvgIpc) is 1.63. The van der Waals surface area contributed by atoms with Gasteiger partial charge in [-0.05, 0) is 271 Å². The van der Waals surface area contributed by atoms with Crippen molar-refractivity contribution in [3.8, 4) is 33.8 Å². The van der Waals surface area contributed by atoms with Crippen LogP contribution in [0, 0.1) is 18.6 Å². The standard InChI is InChI=1S/C22H24Cl2FN5O.C21H30BN3O2.2C18H15P.C16H20BNO2.C14H13Cl2FN2O.C6H12ClN.CH4.3ClH.Pd/c1-14(20-17(23)4-5-18(25)21(20)24)31-19-10-15(11-27-22(19)26)16-12-28-30(13-16)9-8-29-6-2-3-7-29;1-20(2)21(3,4)27-22(26-20)19-9-7-17(8-10-19)18-15-23-25(16-18)14-13-24-11-5-6-12-24;2*1-4-10-16(11-5-1)19(17-12-6-2-7-13-17)18-14-8-3-9-15-18;1-15(2)16(3,4)20-17(19-15)14-7-5-12(6-8-14)13-9-10-18-11-13;1-7-5-11(14(18)19-6-7)20-8(2)12-9(15)3-4-10(17)13(12)16;7-3-6-8-4-1-2-5-8;;;;;/h4-5,10-14H,2-3,6-9H2,1H3,(H2,26,27);7-10,15-16H,5-6,11-14H2,1-4H3;2*1-15H;5-9,11H,10H2,1-4H3;3-6,8H,1-2H3,(H2,18,19);1-6H2;1H4;3*1H;/q;;;;;;;;;;;+2/p-2. The summed E-state index contributed by atoms with van der Waals surface area (Å²) in [7, 11) is 8.13. The molecule has 10 heterocycles. The average molecular weight is 2300 g/mol. The van der Waals surface area contributed by atoms with E-state index in [-0.39, 0.29) is 94.1 Å². The maximum atomic E-state index is 13.9. The van der Waals surface area contributed by atoms with E-state index in [4.69, 9.17) is 117 Å². The van der Waals surface area contributed by atoms with E-state index in [9.17, 15) is 8.78 Å². The summed E-state index contributed by atoms with van der Waals surface area (Å²) < 4.78 is 67.5. The van der Waals surface area contributed by atoms with E-state index < -0.39 is 39.7 Å². The Hall–Kier alpha value is -8.92. The molecule has 10 aromatic carbocycles. The SMILES string of the molecule is C.CC(Oc1cc(-c2cnn(CCN3CCCC3)c2)cnc1N)c1c(Cl)ccc(F)c1Cl.CC1(C)OB(c2ccc(-c3cnn(CCN4CCCC4)c3)cc2)OC1(C)C.CC1(C)OB(c2ccc(C3=CCN=C3)cc2)OC1(C)C.Cc1cnc(N)c(OC(C)c2c(Cl)ccc(F)c2Cl)c1.Cl.ClCCN1CCCC1.[Cl][Pd][Cl].c1ccc(P(c2ccccc2)c2ccccc2)cc1.c1ccc(P(c2ccccc2)c2ccccc2)cc1. The van der Waals surface area contributed by atoms with E-state index in [2.05, 4.69) is 343 Å². The molecule has 33 heteroatoms. The van der Waals surface area contributed by atoms with Gasteiger partial charge in [0.25, 0.3) is 0 Å². The van der Waals surface area contributed by atoms with Gasteiger partial charge in [-0.1, -0.05) is 290 Å². The van der Waals surface area contributed by atoms with Gasteiger partial charge in [-0.25, -0.2) is 18.7 Å². The first-order valence-corrected chi connectivity index (χ1v) is 58.2. The molecule has 0 saturated carbocycles. The molecule has 0 spiro atoms. The van der Waals surface area contributed by atoms with Gasteiger partial charge >= 0.3 is 49.2 Å². The molecule has 20 rings (SSSR count). The minimum Gasteiger partial charge on any atom is -0.0622 e. The summed E-state index contributed by atoms with van der Waals surface area (Å²) in [4.78, 5) is 19.8. The fourth-order valence-electron chi connectivity index (χ4n) is 17.1. The molecule has 14 aromatic rings. The summed E-state index contributed by atoms with van der Waals surface area (Å²) in [6.07, 6.45) is 22.0. The van der Waals surface area contributed by atoms with Crippen molar-refractivity contribution in [1.29, 1.82) is 0 Å². The van der Waals surface area contributed by atoms with E-state index in [1.807, 2.05) is 30.2 Å². The van der Waals surface area contributed by atoms with Crippen molar-refractivity contribution in [2.45, 2.75) is 170 Å². The molecule has 6 aliphatic rings. The number of ether oxygens (including phenoxy) is 2. The molecule has 5 saturated heterocycles. The Morgan fingerprint density at radius 3 is 1.06 bits per heavy atom. The topological polar surface area (TPSA) is 191 Å². The molecule has 5 fully saturated rings. The summed E-state index contributed by atoms with van der Waals surface area (Å²) >= 11 is 29.8. The van der Waals surface area contributed by atoms with Gasteiger partial charge in [0.1, 0.15) is 23.8 Å². The Morgan fingerprint density at radius 1 is 0.416 bits per heavy atom. The number of nitrogens with zero attached hydrogens (tertiary/aromatic N) is 10. The number of halogens is 10. The van der Waals surface area contributed by atoms with Gasteiger partial charge in [0, 0.05) is 94.4 Å². The van der Waals surface area contributed by atoms with Gasteiger partial charge in [0.05, 0.1) is 64.5 Å². The zero-order chi connectivity index (χ0) is 105. The van der Waals surface area contributed by atoms with Gasteiger partial charge in [-0.3, -0.25) is 14.4 Å². The van der Waals surface area contributed by atoms with Crippen molar-refractivity contribution in [2.75, 3.05) is 82.8 Å². The molecule has 2 atom stereocenters. The van der Waals surface area contributed by atoms with Crippen LogP contribution in [0.1, 0.15) is 150 Å². The van der Waals surface area contributed by atoms with Crippen molar-refractivity contribution < 1.29 is 52.8 Å². The molecule has 0 bridgehead atoms. The smallest absolute Gasteiger partial charge is 0.0134 e. The summed E-state index contributed by atoms with van der Waals surface area (Å²) in [6.45, 7) is 35.0. The monoisotopic (exact) mass is 2300 g/mol. The van der Waals surface area contributed by atoms with Crippen LogP contribution < -0.4 is 63.7 Å². The van der Waals surface area contributed by atoms with E-state index in [0.717, 1.165) is 91.4 Å². The molecule has 4 aromatic heterocycles. The van der Waals surface area contributed by atoms with Crippen LogP contribution >= 0.6 is 105 Å². The number of aromatic nitrogens is 6. The molecule has 0 amide bonds. The van der Waals surface area contributed by atoms with E-state index in [1.165, 1.54) is 137 Å². The van der Waals surface area contributed by atoms with Crippen LogP contribution in [-0.4, -0.2) is 158 Å². The Morgan fingerprint density at radius 2 is 0.732 bits per heavy atom. The first-order chi connectivity index (χ1) is 70.8. The van der Waals surface area contributed by atoms with Crippen molar-refractivity contribution in [3.63, 3.8) is 0 Å². The largest absolute Gasteiger partial charge is 0.0622 e. The molecule has 4 N–H and O–H groups in total. The molecule has 2 unspecified atom stereocenters. The third kappa shape index (κ3) is 34.3. The zero-order valence-corrected chi connectivity index (χ0v) is 94.8. The quantitative estimate of drug-likeness (QED) is 0.0238. The Bertz CT molecular complexity index is 6170. The summed E-state index contributed by atoms with van der Waals surface area (Å²) in [5.41, 5.74) is 20.7. The fraction of sp³-hybridized carbons (Fsp3) is 0.319. The predicted molar refractivity (Wildman–Crippen MR) is 625 cm³/mol. The number of rotatable bonds is 25. The second-order valence-corrected chi connectivity index (χ2v) is 46.9. The third-order valence-electron chi connectivity index (χ3n) is 26.6. The fourth-order valence-corrected chi connectivity index (χ4v) is 23.3. The number of nitrogen functional groups attached to an aromatic ring is 2. The maximum Gasteiger partial charge on any atom is -0.0134 e. The first kappa shape index (κ1) is 120. The molecular formula is C116H134B2Cl8F2N12O6P2Pd. The number of alkyl halides is 1. The van der Waals surface area contributed by atoms with Gasteiger partial charge < -0.3 is 54.3 Å². The number of nitrogens with two attached hydrogens (primary N) is 2. The molecule has 0 radical (unpaired) electrons. The molecule has 790 valence electrons. The van der Waals surface area contributed by atoms with Gasteiger partial charge in [0.2, 0.25) is 0 Å². The maximum absolute atomic E-state index is 13.9. The van der Waals surface area contributed by atoms with Crippen LogP contribution in [0.5, 0.6) is 11.5 Å². The minimum atomic E-state index is -0.627. The molecular weight excluding hydrogens is 2170 g/mol. The van der Waals surface area contributed by atoms with Gasteiger partial charge in [-0.2, -0.15) is 10.2 Å². The van der Waals surface area contributed by atoms with Gasteiger partial charge in [-0.15, -0.1) is 24.0 Å². The summed E-state index contributed by atoms with van der Waals surface area (Å²) in [6, 6.07) is 90.3. The molecule has 0 aliphatic carbocycles. The number of pyridine rings is 2. The first-order valence-electron chi connectivity index (χ1n) is 49.5. The third-order valence-corrected chi connectivity index (χ3v) is 33.1. The second kappa shape index (κ2) is 59.0. The summed E-state index contributed by atoms with van der Waals surface area (Å²) in [5, 5.41) is 17.9. The normalized spacial score (nSPS) is 15.9. The molecule has 149 heavy (non-hydrogen) atoms. The number of anilines is 2. The van der Waals surface area contributed by atoms with Crippen molar-refractivity contribution >= 4 is 186 Å². The van der Waals surface area contributed by atoms with Crippen LogP contribution in [-0.2, 0) is 47.6 Å². The van der Waals surface area contributed by atoms with Crippen LogP contribution in [0.25, 0.3) is 27.8 Å². The predicted octanol–water partition coefficient (Wildman–Crippen LogP) is 25.8. The number of hydrogen-bond donors (Lipinski definition) is 2. The Labute approximate surface area is 930 Å². The molecule has 18 nitrogen and oxygen atoms in total. The Balaban J connectivity index is 0.000000167. The number of aryl methyl sites for hydroxylation is 1. The number of aliphatic imine (C=N–C) groups is 1. The Kier molecular flexibility index (Phi) is 47.6. The number of hydrogen-bond acceptors (Lipinski definition) is 16. The van der Waals surface area contributed by atoms with E-state index in [1.54, 1.807) is 44.6 Å². The number of likely N-dealkylation sites (tertiary alicyclic amines) is 3. The van der Waals surface area contributed by atoms with Crippen LogP contribution in [0.2, 0.25) is 20.1 Å². The molecule has 6 aliphatic heterocycles. The number of benzene rings is 10. The van der Waals surface area contributed by atoms with Crippen LogP contribution in [0.3, 0.4) is 0 Å². The van der Waals surface area contributed by atoms with E-state index in [0.29, 0.717) is 32.7 Å². The number of allylic oxidation sites excluding steroid dienone is 1. The van der Waals surface area contributed by atoms with Crippen molar-refractivity contribution in [1.82, 2.24) is 44.2 Å². The van der Waals surface area contributed by atoms with Gasteiger partial charge in [0.15, 0.2) is 23.1 Å². The minimum absolute atomic E-state index is 0. The second-order valence-electron chi connectivity index (χ2n) is 38.2. The zero-order valence-electron chi connectivity index (χ0n) is 85.4.